The molecular formula is C12H15N3O. The standard InChI is InChI=1S/C12H15N3O/c16-12-11-8-13-6-7-14(11)9-15(12)10-4-2-1-3-5-10/h1-5,11,13H,6-9H2. The molecule has 2 heterocycles. The lowest BCUT2D eigenvalue weighted by molar-refractivity contribution is -0.119. The molecule has 4 heteroatoms. The Labute approximate surface area is 94.8 Å². The van der Waals surface area contributed by atoms with Crippen molar-refractivity contribution in [3.05, 3.63) is 30.3 Å². The maximum Gasteiger partial charge on any atom is 0.246 e. The van der Waals surface area contributed by atoms with Crippen molar-refractivity contribution in [2.24, 2.45) is 0 Å². The molecule has 2 aliphatic rings. The highest BCUT2D eigenvalue weighted by atomic mass is 16.2. The van der Waals surface area contributed by atoms with Crippen LogP contribution in [0.3, 0.4) is 0 Å². The normalized spacial score (nSPS) is 25.9. The number of rotatable bonds is 1. The number of fused-ring (bicyclic) bond motifs is 1. The Balaban J connectivity index is 1.86. The summed E-state index contributed by atoms with van der Waals surface area (Å²) in [6, 6.07) is 9.93. The van der Waals surface area contributed by atoms with Crippen LogP contribution in [-0.2, 0) is 4.79 Å². The van der Waals surface area contributed by atoms with E-state index in [0.717, 1.165) is 32.0 Å². The Kier molecular flexibility index (Phi) is 2.38. The topological polar surface area (TPSA) is 35.6 Å². The lowest BCUT2D eigenvalue weighted by atomic mass is 10.2. The molecule has 3 rings (SSSR count). The van der Waals surface area contributed by atoms with Gasteiger partial charge in [0.15, 0.2) is 0 Å². The second-order valence-electron chi connectivity index (χ2n) is 4.28. The Hall–Kier alpha value is -1.39. The summed E-state index contributed by atoms with van der Waals surface area (Å²) < 4.78 is 0. The second kappa shape index (κ2) is 3.88. The third kappa shape index (κ3) is 1.50. The van der Waals surface area contributed by atoms with Gasteiger partial charge in [-0.05, 0) is 12.1 Å². The van der Waals surface area contributed by atoms with E-state index in [1.54, 1.807) is 0 Å². The van der Waals surface area contributed by atoms with E-state index in [1.165, 1.54) is 0 Å². The molecule has 4 nitrogen and oxygen atoms in total. The number of hydrogen-bond acceptors (Lipinski definition) is 3. The number of carbonyl (C=O) groups is 1. The zero-order valence-electron chi connectivity index (χ0n) is 9.10. The molecule has 0 bridgehead atoms. The molecule has 1 N–H and O–H groups in total. The highest BCUT2D eigenvalue weighted by molar-refractivity contribution is 5.99. The number of para-hydroxylation sites is 1. The maximum atomic E-state index is 12.2. The number of carbonyl (C=O) groups excluding carboxylic acids is 1. The van der Waals surface area contributed by atoms with Crippen LogP contribution in [0.2, 0.25) is 0 Å². The van der Waals surface area contributed by atoms with Crippen molar-refractivity contribution in [1.29, 1.82) is 0 Å². The fraction of sp³-hybridized carbons (Fsp3) is 0.417. The van der Waals surface area contributed by atoms with Gasteiger partial charge in [-0.25, -0.2) is 0 Å². The first-order valence-electron chi connectivity index (χ1n) is 5.67. The van der Waals surface area contributed by atoms with Gasteiger partial charge in [-0.1, -0.05) is 18.2 Å². The van der Waals surface area contributed by atoms with Gasteiger partial charge in [0.05, 0.1) is 6.67 Å². The van der Waals surface area contributed by atoms with E-state index >= 15 is 0 Å². The van der Waals surface area contributed by atoms with Crippen LogP contribution in [0.25, 0.3) is 0 Å². The Bertz CT molecular complexity index is 393. The molecule has 1 aromatic rings. The lowest BCUT2D eigenvalue weighted by Gasteiger charge is -2.26. The van der Waals surface area contributed by atoms with E-state index in [-0.39, 0.29) is 11.9 Å². The molecule has 16 heavy (non-hydrogen) atoms. The van der Waals surface area contributed by atoms with Gasteiger partial charge < -0.3 is 5.32 Å². The SMILES string of the molecule is O=C1C2CNCCN2CN1c1ccccc1. The first-order valence-corrected chi connectivity index (χ1v) is 5.67. The molecule has 2 saturated heterocycles. The van der Waals surface area contributed by atoms with E-state index in [0.29, 0.717) is 0 Å². The minimum atomic E-state index is 0.0361. The number of benzene rings is 1. The molecule has 0 aliphatic carbocycles. The fourth-order valence-corrected chi connectivity index (χ4v) is 2.41. The molecular weight excluding hydrogens is 202 g/mol. The maximum absolute atomic E-state index is 12.2. The van der Waals surface area contributed by atoms with Crippen molar-refractivity contribution >= 4 is 11.6 Å². The number of nitrogens with one attached hydrogen (secondary N) is 1. The van der Waals surface area contributed by atoms with Crippen LogP contribution in [0.15, 0.2) is 30.3 Å². The van der Waals surface area contributed by atoms with Gasteiger partial charge in [0, 0.05) is 25.3 Å². The van der Waals surface area contributed by atoms with Crippen molar-refractivity contribution in [1.82, 2.24) is 10.2 Å². The molecule has 0 spiro atoms. The van der Waals surface area contributed by atoms with Crippen molar-refractivity contribution in [3.8, 4) is 0 Å². The predicted molar refractivity (Wildman–Crippen MR) is 62.2 cm³/mol. The Morgan fingerprint density at radius 3 is 2.81 bits per heavy atom. The van der Waals surface area contributed by atoms with Crippen LogP contribution < -0.4 is 10.2 Å². The van der Waals surface area contributed by atoms with Crippen LogP contribution in [0, 0.1) is 0 Å². The smallest absolute Gasteiger partial charge is 0.246 e. The molecule has 1 atom stereocenters. The van der Waals surface area contributed by atoms with E-state index in [1.807, 2.05) is 35.2 Å². The van der Waals surface area contributed by atoms with Gasteiger partial charge in [-0.2, -0.15) is 0 Å². The molecule has 2 fully saturated rings. The highest BCUT2D eigenvalue weighted by Gasteiger charge is 2.39. The molecule has 84 valence electrons. The van der Waals surface area contributed by atoms with Crippen LogP contribution in [0.1, 0.15) is 0 Å². The van der Waals surface area contributed by atoms with Crippen LogP contribution in [-0.4, -0.2) is 43.2 Å². The first kappa shape index (κ1) is 9.81. The summed E-state index contributed by atoms with van der Waals surface area (Å²) >= 11 is 0. The summed E-state index contributed by atoms with van der Waals surface area (Å²) in [6.45, 7) is 3.45. The van der Waals surface area contributed by atoms with Gasteiger partial charge >= 0.3 is 0 Å². The van der Waals surface area contributed by atoms with Gasteiger partial charge in [-0.15, -0.1) is 0 Å². The average molecular weight is 217 g/mol. The van der Waals surface area contributed by atoms with Crippen LogP contribution in [0.4, 0.5) is 5.69 Å². The van der Waals surface area contributed by atoms with Crippen molar-refractivity contribution in [2.45, 2.75) is 6.04 Å². The minimum absolute atomic E-state index is 0.0361. The Morgan fingerprint density at radius 2 is 2.06 bits per heavy atom. The van der Waals surface area contributed by atoms with E-state index in [2.05, 4.69) is 10.2 Å². The first-order chi connectivity index (χ1) is 7.86. The summed E-state index contributed by atoms with van der Waals surface area (Å²) in [5.74, 6) is 0.221. The van der Waals surface area contributed by atoms with Crippen molar-refractivity contribution < 1.29 is 4.79 Å². The zero-order valence-corrected chi connectivity index (χ0v) is 9.10. The number of nitrogens with zero attached hydrogens (tertiary/aromatic N) is 2. The summed E-state index contributed by atoms with van der Waals surface area (Å²) in [5, 5.41) is 3.27. The lowest BCUT2D eigenvalue weighted by Crippen LogP contribution is -2.50. The Morgan fingerprint density at radius 1 is 1.25 bits per heavy atom. The summed E-state index contributed by atoms with van der Waals surface area (Å²) in [5.41, 5.74) is 1.00. The molecule has 0 aromatic heterocycles. The van der Waals surface area contributed by atoms with Gasteiger partial charge in [0.25, 0.3) is 0 Å². The number of hydrogen-bond donors (Lipinski definition) is 1. The van der Waals surface area contributed by atoms with Gasteiger partial charge in [0.2, 0.25) is 5.91 Å². The number of piperazine rings is 1. The van der Waals surface area contributed by atoms with E-state index in [9.17, 15) is 4.79 Å². The molecule has 0 saturated carbocycles. The molecule has 0 radical (unpaired) electrons. The molecule has 2 aliphatic heterocycles. The van der Waals surface area contributed by atoms with Gasteiger partial charge in [-0.3, -0.25) is 14.6 Å². The van der Waals surface area contributed by atoms with Crippen molar-refractivity contribution in [2.75, 3.05) is 31.2 Å². The predicted octanol–water partition coefficient (Wildman–Crippen LogP) is 0.264. The van der Waals surface area contributed by atoms with E-state index < -0.39 is 0 Å². The summed E-state index contributed by atoms with van der Waals surface area (Å²) in [6.07, 6.45) is 0. The monoisotopic (exact) mass is 217 g/mol. The summed E-state index contributed by atoms with van der Waals surface area (Å²) in [4.78, 5) is 16.3. The molecule has 1 aromatic carbocycles. The van der Waals surface area contributed by atoms with Crippen LogP contribution >= 0.6 is 0 Å². The zero-order chi connectivity index (χ0) is 11.0. The fourth-order valence-electron chi connectivity index (χ4n) is 2.41. The third-order valence-corrected chi connectivity index (χ3v) is 3.30. The number of amides is 1. The summed E-state index contributed by atoms with van der Waals surface area (Å²) in [7, 11) is 0. The van der Waals surface area contributed by atoms with E-state index in [4.69, 9.17) is 0 Å². The number of anilines is 1. The second-order valence-corrected chi connectivity index (χ2v) is 4.28. The largest absolute Gasteiger partial charge is 0.313 e. The molecule has 1 amide bonds. The minimum Gasteiger partial charge on any atom is -0.313 e. The molecule has 1 unspecified atom stereocenters. The van der Waals surface area contributed by atoms with Gasteiger partial charge in [0.1, 0.15) is 6.04 Å². The van der Waals surface area contributed by atoms with Crippen LogP contribution in [0.5, 0.6) is 0 Å². The quantitative estimate of drug-likeness (QED) is 0.733. The average Bonchev–Trinajstić information content (AvgIpc) is 2.69. The van der Waals surface area contributed by atoms with Crippen molar-refractivity contribution in [3.63, 3.8) is 0 Å². The third-order valence-electron chi connectivity index (χ3n) is 3.30. The highest BCUT2D eigenvalue weighted by Crippen LogP contribution is 2.23.